The van der Waals surface area contributed by atoms with Crippen LogP contribution in [0.25, 0.3) is 10.9 Å². The fraction of sp³-hybridized carbons (Fsp3) is 0.231. The Labute approximate surface area is 99.8 Å². The average molecular weight is 227 g/mol. The van der Waals surface area contributed by atoms with Gasteiger partial charge in [-0.2, -0.15) is 5.26 Å². The van der Waals surface area contributed by atoms with Gasteiger partial charge in [0.2, 0.25) is 5.88 Å². The summed E-state index contributed by atoms with van der Waals surface area (Å²) < 4.78 is 5.48. The molecule has 1 N–H and O–H groups in total. The minimum absolute atomic E-state index is 0.404. The zero-order chi connectivity index (χ0) is 12.1. The number of benzene rings is 1. The van der Waals surface area contributed by atoms with Gasteiger partial charge in [0, 0.05) is 11.9 Å². The number of nitrogens with zero attached hydrogens (tertiary/aromatic N) is 2. The van der Waals surface area contributed by atoms with Gasteiger partial charge in [-0.1, -0.05) is 18.2 Å². The second-order valence-corrected chi connectivity index (χ2v) is 3.60. The first-order valence-electron chi connectivity index (χ1n) is 5.42. The molecule has 0 fully saturated rings. The number of rotatable bonds is 4. The molecule has 1 aromatic carbocycles. The van der Waals surface area contributed by atoms with Gasteiger partial charge in [-0.3, -0.25) is 0 Å². The summed E-state index contributed by atoms with van der Waals surface area (Å²) in [5, 5.41) is 13.0. The molecule has 0 aliphatic rings. The van der Waals surface area contributed by atoms with Gasteiger partial charge in [0.15, 0.2) is 0 Å². The van der Waals surface area contributed by atoms with E-state index in [1.54, 1.807) is 6.07 Å². The summed E-state index contributed by atoms with van der Waals surface area (Å²) in [5.41, 5.74) is 1.31. The summed E-state index contributed by atoms with van der Waals surface area (Å²) >= 11 is 0. The molecule has 1 heterocycles. The molecule has 1 aromatic heterocycles. The molecule has 0 saturated carbocycles. The Morgan fingerprint density at radius 2 is 2.24 bits per heavy atom. The first-order chi connectivity index (χ1) is 8.35. The van der Waals surface area contributed by atoms with E-state index in [2.05, 4.69) is 16.4 Å². The van der Waals surface area contributed by atoms with Crippen molar-refractivity contribution in [3.63, 3.8) is 0 Å². The molecule has 0 aliphatic heterocycles. The Hall–Kier alpha value is -2.12. The van der Waals surface area contributed by atoms with Gasteiger partial charge in [0.05, 0.1) is 5.52 Å². The maximum absolute atomic E-state index is 9.05. The molecule has 2 rings (SSSR count). The van der Waals surface area contributed by atoms with Crippen molar-refractivity contribution in [3.8, 4) is 11.9 Å². The third-order valence-electron chi connectivity index (χ3n) is 2.40. The molecule has 0 amide bonds. The molecule has 0 spiro atoms. The molecule has 4 nitrogen and oxygen atoms in total. The van der Waals surface area contributed by atoms with Crippen molar-refractivity contribution < 1.29 is 4.74 Å². The van der Waals surface area contributed by atoms with Crippen LogP contribution in [0, 0.1) is 11.3 Å². The van der Waals surface area contributed by atoms with Crippen molar-refractivity contribution in [2.24, 2.45) is 0 Å². The molecule has 86 valence electrons. The maximum Gasteiger partial charge on any atom is 0.232 e. The van der Waals surface area contributed by atoms with E-state index in [4.69, 9.17) is 10.00 Å². The molecule has 0 radical (unpaired) electrons. The van der Waals surface area contributed by atoms with E-state index < -0.39 is 0 Å². The van der Waals surface area contributed by atoms with E-state index >= 15 is 0 Å². The maximum atomic E-state index is 9.05. The van der Waals surface area contributed by atoms with Crippen LogP contribution in [0.5, 0.6) is 5.88 Å². The van der Waals surface area contributed by atoms with E-state index in [0.29, 0.717) is 18.1 Å². The third kappa shape index (κ3) is 2.52. The fourth-order valence-electron chi connectivity index (χ4n) is 1.54. The lowest BCUT2D eigenvalue weighted by molar-refractivity contribution is 0.306. The normalized spacial score (nSPS) is 10.1. The number of hydrogen-bond donors (Lipinski definition) is 1. The number of pyridine rings is 1. The van der Waals surface area contributed by atoms with Crippen LogP contribution in [-0.2, 0) is 0 Å². The third-order valence-corrected chi connectivity index (χ3v) is 2.40. The number of para-hydroxylation sites is 1. The topological polar surface area (TPSA) is 57.9 Å². The second kappa shape index (κ2) is 5.28. The quantitative estimate of drug-likeness (QED) is 0.808. The van der Waals surface area contributed by atoms with Gasteiger partial charge in [-0.05, 0) is 19.2 Å². The van der Waals surface area contributed by atoms with Crippen LogP contribution in [0.4, 0.5) is 0 Å². The summed E-state index contributed by atoms with van der Waals surface area (Å²) in [5.74, 6) is 0.404. The van der Waals surface area contributed by atoms with E-state index in [-0.39, 0.29) is 0 Å². The first kappa shape index (κ1) is 11.4. The van der Waals surface area contributed by atoms with E-state index in [1.165, 1.54) is 0 Å². The van der Waals surface area contributed by atoms with E-state index in [1.807, 2.05) is 31.3 Å². The van der Waals surface area contributed by atoms with Crippen LogP contribution < -0.4 is 10.1 Å². The number of aromatic nitrogens is 1. The predicted molar refractivity (Wildman–Crippen MR) is 65.9 cm³/mol. The molecule has 2 aromatic rings. The molecule has 0 atom stereocenters. The zero-order valence-electron chi connectivity index (χ0n) is 9.60. The van der Waals surface area contributed by atoms with Gasteiger partial charge in [0.25, 0.3) is 0 Å². The predicted octanol–water partition coefficient (Wildman–Crippen LogP) is 1.70. The number of ether oxygens (including phenoxy) is 1. The van der Waals surface area contributed by atoms with Gasteiger partial charge in [0.1, 0.15) is 18.2 Å². The van der Waals surface area contributed by atoms with E-state index in [0.717, 1.165) is 17.4 Å². The Morgan fingerprint density at radius 3 is 3.00 bits per heavy atom. The lowest BCUT2D eigenvalue weighted by Gasteiger charge is -2.07. The molecule has 4 heteroatoms. The highest BCUT2D eigenvalue weighted by Gasteiger charge is 2.07. The molecule has 0 aliphatic carbocycles. The average Bonchev–Trinajstić information content (AvgIpc) is 2.38. The highest BCUT2D eigenvalue weighted by Crippen LogP contribution is 2.21. The van der Waals surface area contributed by atoms with Crippen molar-refractivity contribution in [1.29, 1.82) is 5.26 Å². The monoisotopic (exact) mass is 227 g/mol. The summed E-state index contributed by atoms with van der Waals surface area (Å²) in [6, 6.07) is 11.6. The highest BCUT2D eigenvalue weighted by molar-refractivity contribution is 5.80. The van der Waals surface area contributed by atoms with Gasteiger partial charge < -0.3 is 10.1 Å². The van der Waals surface area contributed by atoms with E-state index in [9.17, 15) is 0 Å². The van der Waals surface area contributed by atoms with Crippen LogP contribution in [0.2, 0.25) is 0 Å². The molecule has 0 saturated heterocycles. The summed E-state index contributed by atoms with van der Waals surface area (Å²) in [4.78, 5) is 4.35. The number of fused-ring (bicyclic) bond motifs is 1. The smallest absolute Gasteiger partial charge is 0.232 e. The Kier molecular flexibility index (Phi) is 3.53. The number of nitrogens with one attached hydrogen (secondary N) is 1. The van der Waals surface area contributed by atoms with Gasteiger partial charge in [-0.15, -0.1) is 0 Å². The SMILES string of the molecule is CNCCOc1nc2ccccc2cc1C#N. The largest absolute Gasteiger partial charge is 0.475 e. The molecule has 17 heavy (non-hydrogen) atoms. The lowest BCUT2D eigenvalue weighted by atomic mass is 10.1. The van der Waals surface area contributed by atoms with Crippen LogP contribution in [0.15, 0.2) is 30.3 Å². The van der Waals surface area contributed by atoms with Crippen molar-refractivity contribution >= 4 is 10.9 Å². The Balaban J connectivity index is 2.36. The van der Waals surface area contributed by atoms with Gasteiger partial charge in [-0.25, -0.2) is 4.98 Å². The fourth-order valence-corrected chi connectivity index (χ4v) is 1.54. The standard InChI is InChI=1S/C13H13N3O/c1-15-6-7-17-13-11(9-14)8-10-4-2-3-5-12(10)16-13/h2-5,8,15H,6-7H2,1H3. The van der Waals surface area contributed by atoms with Crippen LogP contribution >= 0.6 is 0 Å². The zero-order valence-corrected chi connectivity index (χ0v) is 9.60. The molecule has 0 unspecified atom stereocenters. The van der Waals surface area contributed by atoms with Crippen molar-refractivity contribution in [2.45, 2.75) is 0 Å². The van der Waals surface area contributed by atoms with Crippen LogP contribution in [-0.4, -0.2) is 25.2 Å². The number of likely N-dealkylation sites (N-methyl/N-ethyl adjacent to an activating group) is 1. The molecular formula is C13H13N3O. The van der Waals surface area contributed by atoms with Crippen molar-refractivity contribution in [3.05, 3.63) is 35.9 Å². The number of hydrogen-bond acceptors (Lipinski definition) is 4. The van der Waals surface area contributed by atoms with Gasteiger partial charge >= 0.3 is 0 Å². The number of nitriles is 1. The molecular weight excluding hydrogens is 214 g/mol. The van der Waals surface area contributed by atoms with Crippen molar-refractivity contribution in [1.82, 2.24) is 10.3 Å². The molecule has 0 bridgehead atoms. The Morgan fingerprint density at radius 1 is 1.41 bits per heavy atom. The summed E-state index contributed by atoms with van der Waals surface area (Å²) in [7, 11) is 1.85. The first-order valence-corrected chi connectivity index (χ1v) is 5.42. The lowest BCUT2D eigenvalue weighted by Crippen LogP contribution is -2.16. The van der Waals surface area contributed by atoms with Crippen molar-refractivity contribution in [2.75, 3.05) is 20.2 Å². The second-order valence-electron chi connectivity index (χ2n) is 3.60. The minimum Gasteiger partial charge on any atom is -0.475 e. The minimum atomic E-state index is 0.404. The van der Waals surface area contributed by atoms with Crippen LogP contribution in [0.1, 0.15) is 5.56 Å². The highest BCUT2D eigenvalue weighted by atomic mass is 16.5. The van der Waals surface area contributed by atoms with Crippen LogP contribution in [0.3, 0.4) is 0 Å². The summed E-state index contributed by atoms with van der Waals surface area (Å²) in [6.07, 6.45) is 0. The summed E-state index contributed by atoms with van der Waals surface area (Å²) in [6.45, 7) is 1.22. The Bertz CT molecular complexity index is 560.